The quantitative estimate of drug-likeness (QED) is 0.476. The molecule has 4 rings (SSSR count). The molecule has 7 nitrogen and oxygen atoms in total. The number of nitriles is 1. The molecule has 0 atom stereocenters. The maximum atomic E-state index is 11.0. The van der Waals surface area contributed by atoms with Gasteiger partial charge in [-0.3, -0.25) is 9.51 Å². The summed E-state index contributed by atoms with van der Waals surface area (Å²) in [6, 6.07) is 13.7. The molecule has 2 aromatic heterocycles. The number of aromatic amines is 2. The first kappa shape index (κ1) is 16.1. The molecule has 0 spiro atoms. The fourth-order valence-electron chi connectivity index (χ4n) is 2.74. The van der Waals surface area contributed by atoms with Gasteiger partial charge in [0.1, 0.15) is 6.07 Å². The van der Waals surface area contributed by atoms with Gasteiger partial charge in [-0.25, -0.2) is 4.79 Å². The summed E-state index contributed by atoms with van der Waals surface area (Å²) in [6.45, 7) is 1.99. The number of aryl methyl sites for hydroxylation is 1. The summed E-state index contributed by atoms with van der Waals surface area (Å²) in [5, 5.41) is 13.8. The summed E-state index contributed by atoms with van der Waals surface area (Å²) in [7, 11) is 0. The molecule has 0 saturated carbocycles. The average molecular weight is 363 g/mol. The van der Waals surface area contributed by atoms with E-state index < -0.39 is 5.76 Å². The Morgan fingerprint density at radius 3 is 2.73 bits per heavy atom. The molecule has 0 amide bonds. The molecule has 0 fully saturated rings. The zero-order valence-electron chi connectivity index (χ0n) is 13.7. The normalized spacial score (nSPS) is 10.8. The van der Waals surface area contributed by atoms with E-state index in [1.807, 2.05) is 43.3 Å². The van der Waals surface area contributed by atoms with Gasteiger partial charge in [0.25, 0.3) is 0 Å². The topological polar surface area (TPSA) is 110 Å². The number of rotatable bonds is 4. The third-order valence-corrected chi connectivity index (χ3v) is 4.84. The maximum absolute atomic E-state index is 11.0. The summed E-state index contributed by atoms with van der Waals surface area (Å²) in [4.78, 5) is 17.7. The van der Waals surface area contributed by atoms with Gasteiger partial charge in [0.15, 0.2) is 5.82 Å². The summed E-state index contributed by atoms with van der Waals surface area (Å²) < 4.78 is 7.83. The highest BCUT2D eigenvalue weighted by Gasteiger charge is 2.10. The molecule has 4 aromatic rings. The van der Waals surface area contributed by atoms with Crippen molar-refractivity contribution in [1.29, 1.82) is 5.26 Å². The van der Waals surface area contributed by atoms with E-state index in [9.17, 15) is 10.1 Å². The van der Waals surface area contributed by atoms with E-state index in [-0.39, 0.29) is 0 Å². The summed E-state index contributed by atoms with van der Waals surface area (Å²) in [6.07, 6.45) is 1.72. The van der Waals surface area contributed by atoms with Crippen molar-refractivity contribution < 1.29 is 4.52 Å². The lowest BCUT2D eigenvalue weighted by Gasteiger charge is -2.08. The Kier molecular flexibility index (Phi) is 3.99. The van der Waals surface area contributed by atoms with Crippen LogP contribution >= 0.6 is 11.9 Å². The first-order valence-corrected chi connectivity index (χ1v) is 8.57. The predicted octanol–water partition coefficient (Wildman–Crippen LogP) is 3.81. The third-order valence-electron chi connectivity index (χ3n) is 4.01. The summed E-state index contributed by atoms with van der Waals surface area (Å²) in [5.41, 5.74) is 4.27. The molecular formula is C18H13N5O2S. The SMILES string of the molecule is Cc1ccc(NSc2ccc(-c3noc(=O)[nH]3)cc2)c2[nH]cc(C#N)c12. The highest BCUT2D eigenvalue weighted by Crippen LogP contribution is 2.31. The molecule has 3 N–H and O–H groups in total. The van der Waals surface area contributed by atoms with Gasteiger partial charge in [-0.15, -0.1) is 0 Å². The number of H-pyrrole nitrogens is 2. The fraction of sp³-hybridized carbons (Fsp3) is 0.0556. The van der Waals surface area contributed by atoms with Gasteiger partial charge in [0, 0.05) is 22.0 Å². The van der Waals surface area contributed by atoms with E-state index in [0.29, 0.717) is 11.4 Å². The Morgan fingerprint density at radius 2 is 2.04 bits per heavy atom. The number of aromatic nitrogens is 3. The zero-order valence-corrected chi connectivity index (χ0v) is 14.5. The molecule has 2 heterocycles. The molecular weight excluding hydrogens is 350 g/mol. The van der Waals surface area contributed by atoms with Crippen molar-refractivity contribution in [3.05, 3.63) is 64.3 Å². The first-order chi connectivity index (χ1) is 12.7. The van der Waals surface area contributed by atoms with Crippen LogP contribution in [0.4, 0.5) is 5.69 Å². The van der Waals surface area contributed by atoms with Gasteiger partial charge in [-0.05, 0) is 54.8 Å². The second-order valence-corrected chi connectivity index (χ2v) is 6.55. The smallest absolute Gasteiger partial charge is 0.358 e. The van der Waals surface area contributed by atoms with Crippen molar-refractivity contribution in [2.24, 2.45) is 0 Å². The van der Waals surface area contributed by atoms with E-state index in [1.54, 1.807) is 6.20 Å². The van der Waals surface area contributed by atoms with Gasteiger partial charge in [-0.2, -0.15) is 5.26 Å². The van der Waals surface area contributed by atoms with Crippen LogP contribution in [0.5, 0.6) is 0 Å². The lowest BCUT2D eigenvalue weighted by molar-refractivity contribution is 0.388. The lowest BCUT2D eigenvalue weighted by atomic mass is 10.1. The Bertz CT molecular complexity index is 1180. The van der Waals surface area contributed by atoms with E-state index in [4.69, 9.17) is 0 Å². The van der Waals surface area contributed by atoms with Gasteiger partial charge in [-0.1, -0.05) is 11.2 Å². The molecule has 128 valence electrons. The van der Waals surface area contributed by atoms with Crippen molar-refractivity contribution in [1.82, 2.24) is 15.1 Å². The van der Waals surface area contributed by atoms with E-state index in [2.05, 4.69) is 30.4 Å². The van der Waals surface area contributed by atoms with Crippen LogP contribution in [-0.2, 0) is 0 Å². The zero-order chi connectivity index (χ0) is 18.1. The maximum Gasteiger partial charge on any atom is 0.439 e. The molecule has 26 heavy (non-hydrogen) atoms. The highest BCUT2D eigenvalue weighted by atomic mass is 32.2. The number of anilines is 1. The number of hydrogen-bond acceptors (Lipinski definition) is 6. The second kappa shape index (κ2) is 6.46. The average Bonchev–Trinajstić information content (AvgIpc) is 3.28. The molecule has 0 aliphatic heterocycles. The Labute approximate surface area is 152 Å². The van der Waals surface area contributed by atoms with Gasteiger partial charge >= 0.3 is 5.76 Å². The number of nitrogens with zero attached hydrogens (tertiary/aromatic N) is 2. The molecule has 8 heteroatoms. The van der Waals surface area contributed by atoms with Crippen LogP contribution in [0, 0.1) is 18.3 Å². The lowest BCUT2D eigenvalue weighted by Crippen LogP contribution is -1.94. The molecule has 0 saturated heterocycles. The van der Waals surface area contributed by atoms with Gasteiger partial charge in [0.2, 0.25) is 0 Å². The van der Waals surface area contributed by atoms with Crippen molar-refractivity contribution in [2.45, 2.75) is 11.8 Å². The minimum Gasteiger partial charge on any atom is -0.358 e. The van der Waals surface area contributed by atoms with Crippen LogP contribution in [0.1, 0.15) is 11.1 Å². The van der Waals surface area contributed by atoms with E-state index >= 15 is 0 Å². The fourth-order valence-corrected chi connectivity index (χ4v) is 3.41. The van der Waals surface area contributed by atoms with Crippen LogP contribution in [0.15, 0.2) is 56.8 Å². The number of nitrogens with one attached hydrogen (secondary N) is 3. The van der Waals surface area contributed by atoms with Gasteiger partial charge in [0.05, 0.1) is 16.8 Å². The monoisotopic (exact) mass is 363 g/mol. The van der Waals surface area contributed by atoms with Crippen molar-refractivity contribution >= 4 is 28.5 Å². The molecule has 0 radical (unpaired) electrons. The Balaban J connectivity index is 1.55. The van der Waals surface area contributed by atoms with E-state index in [1.165, 1.54) is 11.9 Å². The van der Waals surface area contributed by atoms with Crippen molar-refractivity contribution in [3.63, 3.8) is 0 Å². The van der Waals surface area contributed by atoms with Gasteiger partial charge < -0.3 is 9.71 Å². The number of benzene rings is 2. The van der Waals surface area contributed by atoms with Crippen LogP contribution in [0.2, 0.25) is 0 Å². The molecule has 2 aromatic carbocycles. The highest BCUT2D eigenvalue weighted by molar-refractivity contribution is 8.00. The van der Waals surface area contributed by atoms with E-state index in [0.717, 1.165) is 32.6 Å². The van der Waals surface area contributed by atoms with Crippen LogP contribution in [-0.4, -0.2) is 15.1 Å². The Hall–Kier alpha value is -3.44. The number of fused-ring (bicyclic) bond motifs is 1. The molecule has 0 aliphatic rings. The summed E-state index contributed by atoms with van der Waals surface area (Å²) in [5.74, 6) is -0.179. The molecule has 0 aliphatic carbocycles. The first-order valence-electron chi connectivity index (χ1n) is 7.76. The second-order valence-electron chi connectivity index (χ2n) is 5.67. The van der Waals surface area contributed by atoms with Crippen molar-refractivity contribution in [3.8, 4) is 17.5 Å². The Morgan fingerprint density at radius 1 is 1.23 bits per heavy atom. The van der Waals surface area contributed by atoms with Crippen LogP contribution < -0.4 is 10.5 Å². The van der Waals surface area contributed by atoms with Crippen molar-refractivity contribution in [2.75, 3.05) is 4.72 Å². The third kappa shape index (κ3) is 2.85. The van der Waals surface area contributed by atoms with Crippen LogP contribution in [0.3, 0.4) is 0 Å². The van der Waals surface area contributed by atoms with Crippen LogP contribution in [0.25, 0.3) is 22.3 Å². The number of hydrogen-bond donors (Lipinski definition) is 3. The minimum absolute atomic E-state index is 0.398. The largest absolute Gasteiger partial charge is 0.439 e. The molecule has 0 unspecified atom stereocenters. The molecule has 0 bridgehead atoms. The predicted molar refractivity (Wildman–Crippen MR) is 99.8 cm³/mol. The minimum atomic E-state index is -0.578. The summed E-state index contributed by atoms with van der Waals surface area (Å²) >= 11 is 1.45. The standard InChI is InChI=1S/C18H13N5O2S/c1-10-2-7-14(16-15(10)12(8-19)9-20-16)23-26-13-5-3-11(4-6-13)17-21-18(24)25-22-17/h2-7,9,20,23H,1H3,(H,21,22,24).